The van der Waals surface area contributed by atoms with Crippen molar-refractivity contribution >= 4 is 34.4 Å². The lowest BCUT2D eigenvalue weighted by Crippen LogP contribution is -1.98. The summed E-state index contributed by atoms with van der Waals surface area (Å²) in [5.74, 6) is 1.68. The third-order valence-corrected chi connectivity index (χ3v) is 6.51. The molecule has 3 heterocycles. The zero-order valence-electron chi connectivity index (χ0n) is 13.6. The Morgan fingerprint density at radius 3 is 2.64 bits per heavy atom. The van der Waals surface area contributed by atoms with E-state index in [0.29, 0.717) is 0 Å². The van der Waals surface area contributed by atoms with Crippen molar-refractivity contribution in [1.82, 2.24) is 19.7 Å². The number of thioether (sulfide) groups is 1. The van der Waals surface area contributed by atoms with Crippen LogP contribution in [0.25, 0.3) is 16.4 Å². The molecule has 0 saturated carbocycles. The minimum atomic E-state index is 0.798. The number of thiophene rings is 1. The van der Waals surface area contributed by atoms with Gasteiger partial charge in [-0.3, -0.25) is 4.57 Å². The van der Waals surface area contributed by atoms with E-state index in [4.69, 9.17) is 0 Å². The molecule has 3 aromatic heterocycles. The van der Waals surface area contributed by atoms with Crippen molar-refractivity contribution < 1.29 is 0 Å². The van der Waals surface area contributed by atoms with Gasteiger partial charge in [0.05, 0.1) is 15.6 Å². The molecular weight excluding hydrogens is 368 g/mol. The lowest BCUT2D eigenvalue weighted by atomic mass is 10.3. The van der Waals surface area contributed by atoms with Crippen LogP contribution in [-0.4, -0.2) is 19.7 Å². The average molecular weight is 385 g/mol. The highest BCUT2D eigenvalue weighted by molar-refractivity contribution is 7.98. The van der Waals surface area contributed by atoms with E-state index < -0.39 is 0 Å². The molecule has 126 valence electrons. The zero-order chi connectivity index (χ0) is 17.1. The zero-order valence-corrected chi connectivity index (χ0v) is 16.1. The van der Waals surface area contributed by atoms with Gasteiger partial charge in [-0.2, -0.15) is 0 Å². The topological polar surface area (TPSA) is 43.6 Å². The minimum absolute atomic E-state index is 0.798. The summed E-state index contributed by atoms with van der Waals surface area (Å²) in [5.41, 5.74) is 2.18. The van der Waals surface area contributed by atoms with Crippen LogP contribution in [0.5, 0.6) is 0 Å². The van der Waals surface area contributed by atoms with Crippen LogP contribution in [0, 0.1) is 0 Å². The molecule has 0 N–H and O–H groups in total. The number of thiazole rings is 1. The molecule has 0 aliphatic carbocycles. The van der Waals surface area contributed by atoms with Gasteiger partial charge in [-0.05, 0) is 30.0 Å². The number of hydrogen-bond donors (Lipinski definition) is 0. The molecule has 1 aromatic carbocycles. The first-order chi connectivity index (χ1) is 12.3. The summed E-state index contributed by atoms with van der Waals surface area (Å²) in [7, 11) is 0. The van der Waals surface area contributed by atoms with Gasteiger partial charge in [-0.15, -0.1) is 32.9 Å². The number of nitrogens with zero attached hydrogens (tertiary/aromatic N) is 4. The molecule has 0 saturated heterocycles. The second kappa shape index (κ2) is 7.51. The second-order valence-electron chi connectivity index (χ2n) is 5.33. The predicted octanol–water partition coefficient (Wildman–Crippen LogP) is 5.31. The highest BCUT2D eigenvalue weighted by atomic mass is 32.2. The van der Waals surface area contributed by atoms with E-state index in [1.54, 1.807) is 34.4 Å². The monoisotopic (exact) mass is 384 g/mol. The van der Waals surface area contributed by atoms with Gasteiger partial charge >= 0.3 is 0 Å². The molecule has 0 unspecified atom stereocenters. The lowest BCUT2D eigenvalue weighted by Gasteiger charge is -2.08. The van der Waals surface area contributed by atoms with Gasteiger partial charge in [-0.25, -0.2) is 4.98 Å². The summed E-state index contributed by atoms with van der Waals surface area (Å²) >= 11 is 5.07. The predicted molar refractivity (Wildman–Crippen MR) is 106 cm³/mol. The molecule has 4 aromatic rings. The maximum atomic E-state index is 4.65. The van der Waals surface area contributed by atoms with Gasteiger partial charge < -0.3 is 0 Å². The Bertz CT molecular complexity index is 942. The van der Waals surface area contributed by atoms with Crippen molar-refractivity contribution in [2.24, 2.45) is 0 Å². The molecule has 0 radical (unpaired) electrons. The standard InChI is InChI=1S/C18H16N4S3/c1-2-16-19-13(11-24-16)12-25-18-21-20-17(15-9-6-10-23-15)22(18)14-7-4-3-5-8-14/h3-11H,2,12H2,1H3. The van der Waals surface area contributed by atoms with Gasteiger partial charge in [0.1, 0.15) is 0 Å². The Balaban J connectivity index is 1.67. The van der Waals surface area contributed by atoms with Crippen molar-refractivity contribution in [2.45, 2.75) is 24.3 Å². The van der Waals surface area contributed by atoms with Gasteiger partial charge in [0.15, 0.2) is 11.0 Å². The summed E-state index contributed by atoms with van der Waals surface area (Å²) in [5, 5.41) is 15.2. The van der Waals surface area contributed by atoms with Crippen LogP contribution >= 0.6 is 34.4 Å². The minimum Gasteiger partial charge on any atom is -0.269 e. The molecule has 25 heavy (non-hydrogen) atoms. The smallest absolute Gasteiger partial charge is 0.196 e. The van der Waals surface area contributed by atoms with Gasteiger partial charge in [0.2, 0.25) is 0 Å². The fourth-order valence-corrected chi connectivity index (χ4v) is 4.85. The lowest BCUT2D eigenvalue weighted by molar-refractivity contribution is 0.885. The highest BCUT2D eigenvalue weighted by Gasteiger charge is 2.17. The molecule has 0 aliphatic rings. The van der Waals surface area contributed by atoms with Gasteiger partial charge in [-0.1, -0.05) is 43.0 Å². The molecule has 0 atom stereocenters. The van der Waals surface area contributed by atoms with Crippen LogP contribution in [0.15, 0.2) is 58.4 Å². The number of benzene rings is 1. The number of aromatic nitrogens is 4. The van der Waals surface area contributed by atoms with E-state index in [-0.39, 0.29) is 0 Å². The Kier molecular flexibility index (Phi) is 4.96. The number of aryl methyl sites for hydroxylation is 1. The summed E-state index contributed by atoms with van der Waals surface area (Å²) in [6.45, 7) is 2.13. The Labute approximate surface area is 158 Å². The third-order valence-electron chi connectivity index (χ3n) is 3.64. The fourth-order valence-electron chi connectivity index (χ4n) is 2.45. The Hall–Kier alpha value is -1.96. The van der Waals surface area contributed by atoms with Crippen molar-refractivity contribution in [1.29, 1.82) is 0 Å². The maximum absolute atomic E-state index is 4.65. The Morgan fingerprint density at radius 1 is 1.04 bits per heavy atom. The molecule has 0 amide bonds. The number of hydrogen-bond acceptors (Lipinski definition) is 6. The van der Waals surface area contributed by atoms with Crippen LogP contribution in [-0.2, 0) is 12.2 Å². The van der Waals surface area contributed by atoms with Crippen molar-refractivity contribution in [2.75, 3.05) is 0 Å². The molecule has 0 fully saturated rings. The molecule has 0 aliphatic heterocycles. The van der Waals surface area contributed by atoms with E-state index in [1.807, 2.05) is 24.3 Å². The van der Waals surface area contributed by atoms with Crippen LogP contribution in [0.3, 0.4) is 0 Å². The van der Waals surface area contributed by atoms with Gasteiger partial charge in [0, 0.05) is 16.8 Å². The highest BCUT2D eigenvalue weighted by Crippen LogP contribution is 2.31. The van der Waals surface area contributed by atoms with Crippen LogP contribution in [0.2, 0.25) is 0 Å². The maximum Gasteiger partial charge on any atom is 0.196 e. The molecular formula is C18H16N4S3. The summed E-state index contributed by atoms with van der Waals surface area (Å²) < 4.78 is 2.13. The van der Waals surface area contributed by atoms with E-state index in [0.717, 1.165) is 39.4 Å². The van der Waals surface area contributed by atoms with Crippen molar-refractivity contribution in [3.05, 3.63) is 63.9 Å². The fraction of sp³-hybridized carbons (Fsp3) is 0.167. The third kappa shape index (κ3) is 3.53. The molecule has 0 spiro atoms. The summed E-state index contributed by atoms with van der Waals surface area (Å²) in [6, 6.07) is 14.4. The first-order valence-corrected chi connectivity index (χ1v) is 10.7. The van der Waals surface area contributed by atoms with E-state index in [1.165, 1.54) is 5.01 Å². The molecule has 7 heteroatoms. The average Bonchev–Trinajstić information content (AvgIpc) is 3.39. The van der Waals surface area contributed by atoms with E-state index >= 15 is 0 Å². The number of para-hydroxylation sites is 1. The molecule has 4 rings (SSSR count). The van der Waals surface area contributed by atoms with Crippen LogP contribution in [0.4, 0.5) is 0 Å². The summed E-state index contributed by atoms with van der Waals surface area (Å²) in [4.78, 5) is 5.76. The number of rotatable bonds is 6. The van der Waals surface area contributed by atoms with Crippen LogP contribution < -0.4 is 0 Å². The van der Waals surface area contributed by atoms with Gasteiger partial charge in [0.25, 0.3) is 0 Å². The van der Waals surface area contributed by atoms with Crippen molar-refractivity contribution in [3.63, 3.8) is 0 Å². The second-order valence-corrected chi connectivity index (χ2v) is 8.16. The molecule has 4 nitrogen and oxygen atoms in total. The van der Waals surface area contributed by atoms with E-state index in [2.05, 4.69) is 55.6 Å². The van der Waals surface area contributed by atoms with Crippen LogP contribution in [0.1, 0.15) is 17.6 Å². The SMILES string of the molecule is CCc1nc(CSc2nnc(-c3cccs3)n2-c2ccccc2)cs1. The quantitative estimate of drug-likeness (QED) is 0.423. The largest absolute Gasteiger partial charge is 0.269 e. The molecule has 0 bridgehead atoms. The van der Waals surface area contributed by atoms with E-state index in [9.17, 15) is 0 Å². The first-order valence-electron chi connectivity index (χ1n) is 7.96. The normalized spacial score (nSPS) is 11.1. The summed E-state index contributed by atoms with van der Waals surface area (Å²) in [6.07, 6.45) is 0.984. The first kappa shape index (κ1) is 16.5. The van der Waals surface area contributed by atoms with Crippen molar-refractivity contribution in [3.8, 4) is 16.4 Å². The Morgan fingerprint density at radius 2 is 1.92 bits per heavy atom.